The first-order chi connectivity index (χ1) is 15.8. The highest BCUT2D eigenvalue weighted by atomic mass is 32.2. The smallest absolute Gasteiger partial charge is 0.271 e. The predicted molar refractivity (Wildman–Crippen MR) is 125 cm³/mol. The van der Waals surface area contributed by atoms with Crippen LogP contribution in [0, 0.1) is 13.8 Å². The Morgan fingerprint density at radius 1 is 1.06 bits per heavy atom. The van der Waals surface area contributed by atoms with Crippen LogP contribution in [0.5, 0.6) is 0 Å². The molecule has 1 saturated heterocycles. The Morgan fingerprint density at radius 3 is 2.58 bits per heavy atom. The molecule has 2 amide bonds. The number of carbonyl (C=O) groups excluding carboxylic acids is 2. The maximum atomic E-state index is 12.9. The summed E-state index contributed by atoms with van der Waals surface area (Å²) >= 11 is 0. The molecule has 1 N–H and O–H groups in total. The Morgan fingerprint density at radius 2 is 1.82 bits per heavy atom. The standard InChI is InChI=1S/C23H26N4O5S/c1-16-6-7-17(2)21(14-16)27-22(28)9-8-20(25-27)23(29)24-18-4-3-5-19(15-18)33(30,31)26-10-12-32-13-11-26/h3-7,14-15H,8-13H2,1-2H3,(H,24,29). The van der Waals surface area contributed by atoms with Crippen LogP contribution in [0.15, 0.2) is 52.5 Å². The maximum Gasteiger partial charge on any atom is 0.271 e. The first-order valence-corrected chi connectivity index (χ1v) is 12.2. The SMILES string of the molecule is Cc1ccc(C)c(N2N=C(C(=O)Nc3cccc(S(=O)(=O)N4CCOCC4)c3)CCC2=O)c1. The number of amides is 2. The fourth-order valence-corrected chi connectivity index (χ4v) is 5.18. The lowest BCUT2D eigenvalue weighted by Gasteiger charge is -2.26. The molecule has 2 aromatic rings. The Hall–Kier alpha value is -3.08. The number of hydrogen-bond donors (Lipinski definition) is 1. The van der Waals surface area contributed by atoms with Crippen LogP contribution in [-0.2, 0) is 24.3 Å². The summed E-state index contributed by atoms with van der Waals surface area (Å²) < 4.78 is 32.4. The van der Waals surface area contributed by atoms with Gasteiger partial charge in [0, 0.05) is 31.6 Å². The minimum Gasteiger partial charge on any atom is -0.379 e. The number of anilines is 2. The van der Waals surface area contributed by atoms with Gasteiger partial charge in [-0.25, -0.2) is 13.4 Å². The highest BCUT2D eigenvalue weighted by Crippen LogP contribution is 2.26. The van der Waals surface area contributed by atoms with Crippen molar-refractivity contribution in [1.29, 1.82) is 0 Å². The van der Waals surface area contributed by atoms with Crippen LogP contribution in [0.3, 0.4) is 0 Å². The van der Waals surface area contributed by atoms with Crippen molar-refractivity contribution in [3.05, 3.63) is 53.6 Å². The molecule has 0 aliphatic carbocycles. The summed E-state index contributed by atoms with van der Waals surface area (Å²) in [4.78, 5) is 25.5. The van der Waals surface area contributed by atoms with E-state index < -0.39 is 15.9 Å². The molecule has 174 valence electrons. The number of nitrogens with one attached hydrogen (secondary N) is 1. The van der Waals surface area contributed by atoms with Crippen LogP contribution in [-0.4, -0.2) is 56.6 Å². The van der Waals surface area contributed by atoms with E-state index in [-0.39, 0.29) is 42.4 Å². The lowest BCUT2D eigenvalue weighted by atomic mass is 10.1. The molecule has 2 heterocycles. The van der Waals surface area contributed by atoms with Gasteiger partial charge >= 0.3 is 0 Å². The predicted octanol–water partition coefficient (Wildman–Crippen LogP) is 2.45. The van der Waals surface area contributed by atoms with Gasteiger partial charge in [-0.2, -0.15) is 9.41 Å². The summed E-state index contributed by atoms with van der Waals surface area (Å²) in [6.45, 7) is 5.09. The van der Waals surface area contributed by atoms with Crippen molar-refractivity contribution in [3.8, 4) is 0 Å². The molecule has 0 unspecified atom stereocenters. The van der Waals surface area contributed by atoms with Crippen LogP contribution in [0.4, 0.5) is 11.4 Å². The van der Waals surface area contributed by atoms with E-state index in [1.54, 1.807) is 12.1 Å². The first-order valence-electron chi connectivity index (χ1n) is 10.7. The monoisotopic (exact) mass is 470 g/mol. The number of sulfonamides is 1. The van der Waals surface area contributed by atoms with E-state index in [0.29, 0.717) is 24.6 Å². The zero-order valence-corrected chi connectivity index (χ0v) is 19.4. The summed E-state index contributed by atoms with van der Waals surface area (Å²) in [5, 5.41) is 8.33. The van der Waals surface area contributed by atoms with Gasteiger partial charge in [0.2, 0.25) is 15.9 Å². The number of hydrogen-bond acceptors (Lipinski definition) is 6. The molecule has 0 radical (unpaired) electrons. The fraction of sp³-hybridized carbons (Fsp3) is 0.348. The molecule has 0 atom stereocenters. The zero-order valence-electron chi connectivity index (χ0n) is 18.6. The third-order valence-corrected chi connectivity index (χ3v) is 7.48. The van der Waals surface area contributed by atoms with E-state index in [4.69, 9.17) is 4.74 Å². The van der Waals surface area contributed by atoms with E-state index in [1.807, 2.05) is 32.0 Å². The van der Waals surface area contributed by atoms with Crippen molar-refractivity contribution in [3.63, 3.8) is 0 Å². The quantitative estimate of drug-likeness (QED) is 0.722. The summed E-state index contributed by atoms with van der Waals surface area (Å²) in [6, 6.07) is 11.8. The van der Waals surface area contributed by atoms with E-state index in [2.05, 4.69) is 10.4 Å². The molecular formula is C23H26N4O5S. The highest BCUT2D eigenvalue weighted by Gasteiger charge is 2.28. The van der Waals surface area contributed by atoms with Crippen molar-refractivity contribution in [2.24, 2.45) is 5.10 Å². The molecule has 10 heteroatoms. The van der Waals surface area contributed by atoms with Gasteiger partial charge in [-0.15, -0.1) is 0 Å². The molecule has 2 aliphatic heterocycles. The van der Waals surface area contributed by atoms with Gasteiger partial charge in [0.1, 0.15) is 5.71 Å². The number of hydrazone groups is 1. The topological polar surface area (TPSA) is 108 Å². The van der Waals surface area contributed by atoms with Crippen LogP contribution in [0.2, 0.25) is 0 Å². The van der Waals surface area contributed by atoms with Gasteiger partial charge in [-0.05, 0) is 49.2 Å². The molecule has 33 heavy (non-hydrogen) atoms. The number of aryl methyl sites for hydroxylation is 2. The number of ether oxygens (including phenoxy) is 1. The fourth-order valence-electron chi connectivity index (χ4n) is 3.73. The van der Waals surface area contributed by atoms with E-state index in [9.17, 15) is 18.0 Å². The van der Waals surface area contributed by atoms with Crippen molar-refractivity contribution >= 4 is 38.9 Å². The van der Waals surface area contributed by atoms with Crippen molar-refractivity contribution < 1.29 is 22.7 Å². The number of rotatable bonds is 5. The Balaban J connectivity index is 1.55. The number of morpholine rings is 1. The van der Waals surface area contributed by atoms with E-state index in [0.717, 1.165) is 11.1 Å². The molecular weight excluding hydrogens is 444 g/mol. The zero-order chi connectivity index (χ0) is 23.6. The lowest BCUT2D eigenvalue weighted by Crippen LogP contribution is -2.40. The second-order valence-corrected chi connectivity index (χ2v) is 9.98. The maximum absolute atomic E-state index is 12.9. The van der Waals surface area contributed by atoms with Gasteiger partial charge in [-0.1, -0.05) is 18.2 Å². The highest BCUT2D eigenvalue weighted by molar-refractivity contribution is 7.89. The summed E-state index contributed by atoms with van der Waals surface area (Å²) in [6.07, 6.45) is 0.364. The van der Waals surface area contributed by atoms with Crippen molar-refractivity contribution in [2.75, 3.05) is 36.6 Å². The second-order valence-electron chi connectivity index (χ2n) is 8.04. The van der Waals surface area contributed by atoms with Crippen LogP contribution >= 0.6 is 0 Å². The Labute approximate surface area is 193 Å². The van der Waals surface area contributed by atoms with Gasteiger partial charge in [-0.3, -0.25) is 9.59 Å². The van der Waals surface area contributed by atoms with Crippen molar-refractivity contribution in [2.45, 2.75) is 31.6 Å². The average molecular weight is 471 g/mol. The number of carbonyl (C=O) groups is 2. The van der Waals surface area contributed by atoms with Gasteiger partial charge in [0.05, 0.1) is 23.8 Å². The minimum absolute atomic E-state index is 0.0972. The summed E-state index contributed by atoms with van der Waals surface area (Å²) in [5.74, 6) is -0.655. The largest absolute Gasteiger partial charge is 0.379 e. The van der Waals surface area contributed by atoms with Gasteiger partial charge < -0.3 is 10.1 Å². The van der Waals surface area contributed by atoms with Crippen LogP contribution < -0.4 is 10.3 Å². The van der Waals surface area contributed by atoms with E-state index >= 15 is 0 Å². The average Bonchev–Trinajstić information content (AvgIpc) is 2.82. The second kappa shape index (κ2) is 9.42. The van der Waals surface area contributed by atoms with Crippen molar-refractivity contribution in [1.82, 2.24) is 4.31 Å². The molecule has 0 spiro atoms. The van der Waals surface area contributed by atoms with Crippen LogP contribution in [0.1, 0.15) is 24.0 Å². The Bertz CT molecular complexity index is 1220. The molecule has 4 rings (SSSR count). The Kier molecular flexibility index (Phi) is 6.59. The minimum atomic E-state index is -3.69. The first kappa shape index (κ1) is 23.1. The molecule has 2 aromatic carbocycles. The number of benzene rings is 2. The van der Waals surface area contributed by atoms with Crippen LogP contribution in [0.25, 0.3) is 0 Å². The molecule has 1 fully saturated rings. The molecule has 9 nitrogen and oxygen atoms in total. The van der Waals surface area contributed by atoms with E-state index in [1.165, 1.54) is 21.4 Å². The third kappa shape index (κ3) is 4.97. The lowest BCUT2D eigenvalue weighted by molar-refractivity contribution is -0.118. The molecule has 0 aromatic heterocycles. The number of nitrogens with zero attached hydrogens (tertiary/aromatic N) is 3. The van der Waals surface area contributed by atoms with Gasteiger partial charge in [0.25, 0.3) is 5.91 Å². The molecule has 2 aliphatic rings. The summed E-state index contributed by atoms with van der Waals surface area (Å²) in [7, 11) is -3.69. The molecule has 0 bridgehead atoms. The summed E-state index contributed by atoms with van der Waals surface area (Å²) in [5.41, 5.74) is 3.04. The van der Waals surface area contributed by atoms with Gasteiger partial charge in [0.15, 0.2) is 0 Å². The third-order valence-electron chi connectivity index (χ3n) is 5.59. The normalized spacial score (nSPS) is 17.6. The molecule has 0 saturated carbocycles.